The number of hydrogen-bond acceptors (Lipinski definition) is 2. The fraction of sp³-hybridized carbons (Fsp3) is 1.00. The van der Waals surface area contributed by atoms with Gasteiger partial charge >= 0.3 is 0 Å². The van der Waals surface area contributed by atoms with E-state index in [1.165, 1.54) is 45.3 Å². The normalized spacial score (nSPS) is 26.8. The van der Waals surface area contributed by atoms with Crippen LogP contribution >= 0.6 is 0 Å². The first-order valence-corrected chi connectivity index (χ1v) is 5.97. The molecule has 2 nitrogen and oxygen atoms in total. The summed E-state index contributed by atoms with van der Waals surface area (Å²) >= 11 is 0. The molecular weight excluding hydrogens is 172 g/mol. The van der Waals surface area contributed by atoms with Crippen LogP contribution in [0.25, 0.3) is 0 Å². The van der Waals surface area contributed by atoms with Crippen LogP contribution in [0.5, 0.6) is 0 Å². The van der Waals surface area contributed by atoms with Crippen molar-refractivity contribution in [3.63, 3.8) is 0 Å². The van der Waals surface area contributed by atoms with Gasteiger partial charge in [-0.3, -0.25) is 0 Å². The van der Waals surface area contributed by atoms with Crippen LogP contribution in [0.2, 0.25) is 0 Å². The second-order valence-electron chi connectivity index (χ2n) is 5.95. The molecule has 0 bridgehead atoms. The van der Waals surface area contributed by atoms with Crippen molar-refractivity contribution in [1.82, 2.24) is 10.2 Å². The van der Waals surface area contributed by atoms with E-state index in [0.717, 1.165) is 5.41 Å². The van der Waals surface area contributed by atoms with E-state index in [-0.39, 0.29) is 5.54 Å². The maximum absolute atomic E-state index is 3.39. The molecule has 1 saturated carbocycles. The van der Waals surface area contributed by atoms with E-state index in [0.29, 0.717) is 0 Å². The Kier molecular flexibility index (Phi) is 2.61. The molecule has 2 fully saturated rings. The lowest BCUT2D eigenvalue weighted by Gasteiger charge is -2.38. The number of rotatable bonds is 3. The zero-order valence-electron chi connectivity index (χ0n) is 9.90. The number of likely N-dealkylation sites (tertiary alicyclic amines) is 1. The molecular formula is C12H24N2. The van der Waals surface area contributed by atoms with Crippen LogP contribution in [-0.2, 0) is 0 Å². The second-order valence-corrected chi connectivity index (χ2v) is 5.95. The van der Waals surface area contributed by atoms with Gasteiger partial charge in [0.2, 0.25) is 0 Å². The number of hydrogen-bond donors (Lipinski definition) is 1. The molecule has 0 aromatic heterocycles. The van der Waals surface area contributed by atoms with Crippen molar-refractivity contribution < 1.29 is 0 Å². The fourth-order valence-electron chi connectivity index (χ4n) is 2.67. The minimum absolute atomic E-state index is 0.271. The largest absolute Gasteiger partial charge is 0.314 e. The maximum atomic E-state index is 3.39. The van der Waals surface area contributed by atoms with Crippen LogP contribution in [-0.4, -0.2) is 37.1 Å². The molecule has 2 aliphatic rings. The number of piperidine rings is 1. The third-order valence-corrected chi connectivity index (χ3v) is 3.99. The van der Waals surface area contributed by atoms with Gasteiger partial charge in [-0.05, 0) is 58.5 Å². The van der Waals surface area contributed by atoms with Crippen LogP contribution in [0.1, 0.15) is 39.5 Å². The molecule has 0 atom stereocenters. The first kappa shape index (κ1) is 10.4. The van der Waals surface area contributed by atoms with E-state index in [1.807, 2.05) is 0 Å². The molecule has 14 heavy (non-hydrogen) atoms. The first-order valence-electron chi connectivity index (χ1n) is 5.97. The van der Waals surface area contributed by atoms with Crippen molar-refractivity contribution in [3.8, 4) is 0 Å². The molecule has 2 rings (SSSR count). The lowest BCUT2D eigenvalue weighted by atomic mass is 9.93. The van der Waals surface area contributed by atoms with Crippen molar-refractivity contribution >= 4 is 0 Å². The Hall–Kier alpha value is -0.0800. The summed E-state index contributed by atoms with van der Waals surface area (Å²) in [5.41, 5.74) is 1.04. The van der Waals surface area contributed by atoms with E-state index in [1.54, 1.807) is 0 Å². The highest BCUT2D eigenvalue weighted by atomic mass is 15.2. The van der Waals surface area contributed by atoms with Crippen LogP contribution in [0.15, 0.2) is 0 Å². The summed E-state index contributed by atoms with van der Waals surface area (Å²) in [6.45, 7) is 8.46. The highest BCUT2D eigenvalue weighted by Crippen LogP contribution is 2.52. The quantitative estimate of drug-likeness (QED) is 0.741. The summed E-state index contributed by atoms with van der Waals surface area (Å²) in [5.74, 6) is 0. The third kappa shape index (κ3) is 2.29. The number of likely N-dealkylation sites (N-methyl/N-ethyl adjacent to an activating group) is 1. The monoisotopic (exact) mass is 196 g/mol. The van der Waals surface area contributed by atoms with E-state index in [2.05, 4.69) is 31.1 Å². The summed E-state index contributed by atoms with van der Waals surface area (Å²) in [5, 5.41) is 3.39. The van der Waals surface area contributed by atoms with Gasteiger partial charge in [0.1, 0.15) is 0 Å². The minimum atomic E-state index is 0.271. The fourth-order valence-corrected chi connectivity index (χ4v) is 2.67. The highest BCUT2D eigenvalue weighted by molar-refractivity contribution is 4.99. The summed E-state index contributed by atoms with van der Waals surface area (Å²) in [7, 11) is 2.07. The lowest BCUT2D eigenvalue weighted by molar-refractivity contribution is 0.128. The van der Waals surface area contributed by atoms with Gasteiger partial charge < -0.3 is 10.2 Å². The van der Waals surface area contributed by atoms with E-state index >= 15 is 0 Å². The standard InChI is InChI=1S/C12H24N2/c1-11(2,13-3)9-14-8-4-5-12(10-14)6-7-12/h13H,4-10H2,1-3H3. The van der Waals surface area contributed by atoms with E-state index < -0.39 is 0 Å². The smallest absolute Gasteiger partial charge is 0.0249 e. The van der Waals surface area contributed by atoms with Crippen LogP contribution in [0.3, 0.4) is 0 Å². The van der Waals surface area contributed by atoms with Crippen molar-refractivity contribution in [1.29, 1.82) is 0 Å². The SMILES string of the molecule is CNC(C)(C)CN1CCCC2(CC2)C1. The minimum Gasteiger partial charge on any atom is -0.314 e. The molecule has 82 valence electrons. The van der Waals surface area contributed by atoms with Gasteiger partial charge in [-0.15, -0.1) is 0 Å². The Morgan fingerprint density at radius 2 is 2.00 bits per heavy atom. The predicted octanol–water partition coefficient (Wildman–Crippen LogP) is 1.86. The molecule has 1 N–H and O–H groups in total. The Bertz CT molecular complexity index is 206. The molecule has 1 aliphatic carbocycles. The molecule has 0 radical (unpaired) electrons. The Labute approximate surface area is 88.1 Å². The zero-order chi connectivity index (χ0) is 10.2. The van der Waals surface area contributed by atoms with Crippen LogP contribution in [0.4, 0.5) is 0 Å². The Balaban J connectivity index is 1.86. The Morgan fingerprint density at radius 1 is 1.29 bits per heavy atom. The van der Waals surface area contributed by atoms with Gasteiger partial charge in [-0.2, -0.15) is 0 Å². The van der Waals surface area contributed by atoms with E-state index in [4.69, 9.17) is 0 Å². The van der Waals surface area contributed by atoms with Gasteiger partial charge in [0.15, 0.2) is 0 Å². The predicted molar refractivity (Wildman–Crippen MR) is 60.5 cm³/mol. The third-order valence-electron chi connectivity index (χ3n) is 3.99. The van der Waals surface area contributed by atoms with Crippen molar-refractivity contribution in [2.75, 3.05) is 26.7 Å². The Morgan fingerprint density at radius 3 is 2.57 bits per heavy atom. The van der Waals surface area contributed by atoms with Crippen molar-refractivity contribution in [3.05, 3.63) is 0 Å². The molecule has 1 spiro atoms. The molecule has 1 heterocycles. The zero-order valence-corrected chi connectivity index (χ0v) is 9.90. The first-order chi connectivity index (χ1) is 6.55. The number of nitrogens with one attached hydrogen (secondary N) is 1. The molecule has 0 amide bonds. The van der Waals surface area contributed by atoms with Crippen molar-refractivity contribution in [2.45, 2.75) is 45.1 Å². The molecule has 0 unspecified atom stereocenters. The molecule has 0 aromatic rings. The van der Waals surface area contributed by atoms with Gasteiger partial charge in [0.25, 0.3) is 0 Å². The van der Waals surface area contributed by atoms with Gasteiger partial charge in [0.05, 0.1) is 0 Å². The summed E-state index contributed by atoms with van der Waals surface area (Å²) in [4.78, 5) is 2.66. The lowest BCUT2D eigenvalue weighted by Crippen LogP contribution is -2.50. The molecule has 1 aliphatic heterocycles. The van der Waals surface area contributed by atoms with Gasteiger partial charge in [0, 0.05) is 18.6 Å². The van der Waals surface area contributed by atoms with E-state index in [9.17, 15) is 0 Å². The van der Waals surface area contributed by atoms with Crippen LogP contribution < -0.4 is 5.32 Å². The van der Waals surface area contributed by atoms with Gasteiger partial charge in [-0.25, -0.2) is 0 Å². The summed E-state index contributed by atoms with van der Waals surface area (Å²) < 4.78 is 0. The molecule has 2 heteroatoms. The number of nitrogens with zero attached hydrogens (tertiary/aromatic N) is 1. The molecule has 1 saturated heterocycles. The highest BCUT2D eigenvalue weighted by Gasteiger charge is 2.45. The second kappa shape index (κ2) is 3.49. The van der Waals surface area contributed by atoms with Gasteiger partial charge in [-0.1, -0.05) is 0 Å². The average Bonchev–Trinajstić information content (AvgIpc) is 2.84. The molecule has 0 aromatic carbocycles. The summed E-state index contributed by atoms with van der Waals surface area (Å²) in [6, 6.07) is 0. The topological polar surface area (TPSA) is 15.3 Å². The summed E-state index contributed by atoms with van der Waals surface area (Å²) in [6.07, 6.45) is 5.89. The van der Waals surface area contributed by atoms with Crippen LogP contribution in [0, 0.1) is 5.41 Å². The maximum Gasteiger partial charge on any atom is 0.0249 e. The van der Waals surface area contributed by atoms with Crippen molar-refractivity contribution in [2.24, 2.45) is 5.41 Å². The average molecular weight is 196 g/mol.